The van der Waals surface area contributed by atoms with Gasteiger partial charge in [-0.1, -0.05) is 24.3 Å². The van der Waals surface area contributed by atoms with Crippen LogP contribution in [0.4, 0.5) is 10.3 Å². The third kappa shape index (κ3) is 4.37. The van der Waals surface area contributed by atoms with Gasteiger partial charge in [0.15, 0.2) is 11.2 Å². The first-order valence-corrected chi connectivity index (χ1v) is 10.3. The molecule has 33 heavy (non-hydrogen) atoms. The Morgan fingerprint density at radius 1 is 1.06 bits per heavy atom. The number of hydrogen-bond acceptors (Lipinski definition) is 6. The number of aliphatic hydroxyl groups is 1. The Kier molecular flexibility index (Phi) is 6.27. The molecule has 0 amide bonds. The van der Waals surface area contributed by atoms with E-state index >= 15 is 0 Å². The molecule has 0 bridgehead atoms. The average Bonchev–Trinajstić information content (AvgIpc) is 3.18. The molecule has 2 heterocycles. The van der Waals surface area contributed by atoms with Gasteiger partial charge in [0.05, 0.1) is 26.8 Å². The van der Waals surface area contributed by atoms with E-state index in [-0.39, 0.29) is 37.4 Å². The van der Waals surface area contributed by atoms with Crippen LogP contribution in [0.2, 0.25) is 0 Å². The number of halogens is 1. The van der Waals surface area contributed by atoms with Gasteiger partial charge in [0.25, 0.3) is 5.56 Å². The Morgan fingerprint density at radius 3 is 2.48 bits per heavy atom. The summed E-state index contributed by atoms with van der Waals surface area (Å²) in [7, 11) is 3.12. The van der Waals surface area contributed by atoms with Gasteiger partial charge in [-0.05, 0) is 35.4 Å². The van der Waals surface area contributed by atoms with E-state index < -0.39 is 17.1 Å². The molecule has 0 aliphatic heterocycles. The van der Waals surface area contributed by atoms with Gasteiger partial charge in [-0.3, -0.25) is 18.5 Å². The monoisotopic (exact) mass is 453 g/mol. The molecule has 2 aromatic heterocycles. The lowest BCUT2D eigenvalue weighted by molar-refractivity contribution is 0.310. The largest absolute Gasteiger partial charge is 0.497 e. The molecule has 0 spiro atoms. The summed E-state index contributed by atoms with van der Waals surface area (Å²) >= 11 is 0. The summed E-state index contributed by atoms with van der Waals surface area (Å²) in [6.07, 6.45) is 0. The molecule has 172 valence electrons. The highest BCUT2D eigenvalue weighted by Crippen LogP contribution is 2.20. The zero-order chi connectivity index (χ0) is 23.5. The van der Waals surface area contributed by atoms with Crippen LogP contribution in [0.3, 0.4) is 0 Å². The first-order chi connectivity index (χ1) is 15.9. The van der Waals surface area contributed by atoms with Gasteiger partial charge < -0.3 is 15.2 Å². The molecule has 0 saturated heterocycles. The predicted octanol–water partition coefficient (Wildman–Crippen LogP) is 1.55. The molecule has 2 aromatic carbocycles. The molecule has 4 aromatic rings. The molecule has 10 heteroatoms. The molecular formula is C23H24FN5O4. The smallest absolute Gasteiger partial charge is 0.332 e. The number of imidazole rings is 1. The van der Waals surface area contributed by atoms with Crippen LogP contribution in [-0.4, -0.2) is 44.1 Å². The van der Waals surface area contributed by atoms with Gasteiger partial charge >= 0.3 is 5.69 Å². The van der Waals surface area contributed by atoms with Crippen molar-refractivity contribution in [1.82, 2.24) is 18.7 Å². The number of nitrogens with one attached hydrogen (secondary N) is 1. The van der Waals surface area contributed by atoms with Crippen molar-refractivity contribution in [3.8, 4) is 5.75 Å². The fourth-order valence-electron chi connectivity index (χ4n) is 3.69. The van der Waals surface area contributed by atoms with Gasteiger partial charge in [-0.25, -0.2) is 9.18 Å². The second-order valence-electron chi connectivity index (χ2n) is 7.56. The Morgan fingerprint density at radius 2 is 1.79 bits per heavy atom. The molecular weight excluding hydrogens is 429 g/mol. The van der Waals surface area contributed by atoms with Crippen molar-refractivity contribution in [1.29, 1.82) is 0 Å². The second kappa shape index (κ2) is 9.29. The van der Waals surface area contributed by atoms with Crippen molar-refractivity contribution >= 4 is 17.1 Å². The lowest BCUT2D eigenvalue weighted by atomic mass is 10.2. The fraction of sp³-hybridized carbons (Fsp3) is 0.261. The van der Waals surface area contributed by atoms with E-state index in [9.17, 15) is 19.1 Å². The molecule has 0 radical (unpaired) electrons. The number of methoxy groups -OCH3 is 1. The average molecular weight is 453 g/mol. The first kappa shape index (κ1) is 22.3. The van der Waals surface area contributed by atoms with Crippen LogP contribution in [0.15, 0.2) is 58.1 Å². The van der Waals surface area contributed by atoms with Crippen LogP contribution in [0, 0.1) is 5.82 Å². The topological polar surface area (TPSA) is 103 Å². The molecule has 0 fully saturated rings. The summed E-state index contributed by atoms with van der Waals surface area (Å²) in [6.45, 7) is 0.367. The Labute approximate surface area is 188 Å². The van der Waals surface area contributed by atoms with Crippen molar-refractivity contribution in [2.24, 2.45) is 7.05 Å². The van der Waals surface area contributed by atoms with E-state index in [4.69, 9.17) is 4.74 Å². The molecule has 0 atom stereocenters. The molecule has 9 nitrogen and oxygen atoms in total. The number of aryl methyl sites for hydroxylation is 1. The van der Waals surface area contributed by atoms with Crippen molar-refractivity contribution in [3.63, 3.8) is 0 Å². The minimum Gasteiger partial charge on any atom is -0.497 e. The Balaban J connectivity index is 1.90. The highest BCUT2D eigenvalue weighted by molar-refractivity contribution is 5.74. The SMILES string of the molecule is COc1cccc(Cn2c(NCCO)nc3c2c(=O)n(Cc2ccc(F)cc2)c(=O)n3C)c1. The number of ether oxygens (including phenoxy) is 1. The van der Waals surface area contributed by atoms with E-state index in [1.54, 1.807) is 18.7 Å². The van der Waals surface area contributed by atoms with Crippen LogP contribution in [-0.2, 0) is 20.1 Å². The Bertz CT molecular complexity index is 1410. The van der Waals surface area contributed by atoms with Crippen LogP contribution < -0.4 is 21.3 Å². The van der Waals surface area contributed by atoms with Gasteiger partial charge in [0.2, 0.25) is 5.95 Å². The van der Waals surface area contributed by atoms with Crippen molar-refractivity contribution in [3.05, 3.63) is 86.3 Å². The fourth-order valence-corrected chi connectivity index (χ4v) is 3.69. The molecule has 0 saturated carbocycles. The highest BCUT2D eigenvalue weighted by atomic mass is 19.1. The van der Waals surface area contributed by atoms with Crippen LogP contribution in [0.25, 0.3) is 11.2 Å². The maximum atomic E-state index is 13.5. The number of aliphatic hydroxyl groups excluding tert-OH is 1. The minimum atomic E-state index is -0.531. The van der Waals surface area contributed by atoms with Gasteiger partial charge in [-0.15, -0.1) is 0 Å². The standard InChI is InChI=1S/C23H24FN5O4/c1-27-20-19(21(31)29(23(27)32)13-15-6-8-17(24)9-7-15)28(22(26-20)25-10-11-30)14-16-4-3-5-18(12-16)33-2/h3-9,12,30H,10-11,13-14H2,1-2H3,(H,25,26). The van der Waals surface area contributed by atoms with E-state index in [1.807, 2.05) is 24.3 Å². The highest BCUT2D eigenvalue weighted by Gasteiger charge is 2.21. The molecule has 0 aliphatic rings. The van der Waals surface area contributed by atoms with Crippen molar-refractivity contribution in [2.45, 2.75) is 13.1 Å². The van der Waals surface area contributed by atoms with E-state index in [0.717, 1.165) is 10.1 Å². The lowest BCUT2D eigenvalue weighted by Crippen LogP contribution is -2.40. The molecule has 4 rings (SSSR count). The normalized spacial score (nSPS) is 11.2. The third-order valence-corrected chi connectivity index (χ3v) is 5.36. The quantitative estimate of drug-likeness (QED) is 0.420. The van der Waals surface area contributed by atoms with Gasteiger partial charge in [0.1, 0.15) is 11.6 Å². The molecule has 0 unspecified atom stereocenters. The van der Waals surface area contributed by atoms with Crippen LogP contribution >= 0.6 is 0 Å². The second-order valence-corrected chi connectivity index (χ2v) is 7.56. The van der Waals surface area contributed by atoms with Crippen LogP contribution in [0.1, 0.15) is 11.1 Å². The van der Waals surface area contributed by atoms with Crippen LogP contribution in [0.5, 0.6) is 5.75 Å². The summed E-state index contributed by atoms with van der Waals surface area (Å²) < 4.78 is 22.7. The zero-order valence-corrected chi connectivity index (χ0v) is 18.3. The number of rotatable bonds is 8. The molecule has 2 N–H and O–H groups in total. The summed E-state index contributed by atoms with van der Waals surface area (Å²) in [6, 6.07) is 13.0. The van der Waals surface area contributed by atoms with Crippen molar-refractivity contribution < 1.29 is 14.2 Å². The third-order valence-electron chi connectivity index (χ3n) is 5.36. The van der Waals surface area contributed by atoms with Gasteiger partial charge in [0, 0.05) is 13.6 Å². The summed E-state index contributed by atoms with van der Waals surface area (Å²) in [5.41, 5.74) is 0.902. The van der Waals surface area contributed by atoms with E-state index in [1.165, 1.54) is 28.8 Å². The van der Waals surface area contributed by atoms with Gasteiger partial charge in [-0.2, -0.15) is 4.98 Å². The van der Waals surface area contributed by atoms with E-state index in [2.05, 4.69) is 10.3 Å². The number of hydrogen-bond donors (Lipinski definition) is 2. The Hall–Kier alpha value is -3.92. The summed E-state index contributed by atoms with van der Waals surface area (Å²) in [5.74, 6) is 0.627. The number of benzene rings is 2. The molecule has 0 aliphatic carbocycles. The summed E-state index contributed by atoms with van der Waals surface area (Å²) in [5, 5.41) is 12.3. The predicted molar refractivity (Wildman–Crippen MR) is 122 cm³/mol. The maximum Gasteiger partial charge on any atom is 0.332 e. The zero-order valence-electron chi connectivity index (χ0n) is 18.3. The minimum absolute atomic E-state index is 0.00846. The summed E-state index contributed by atoms with van der Waals surface area (Å²) in [4.78, 5) is 31.0. The number of fused-ring (bicyclic) bond motifs is 1. The maximum absolute atomic E-state index is 13.5. The van der Waals surface area contributed by atoms with E-state index in [0.29, 0.717) is 17.3 Å². The van der Waals surface area contributed by atoms with Crippen molar-refractivity contribution in [2.75, 3.05) is 25.6 Å². The number of nitrogens with zero attached hydrogens (tertiary/aromatic N) is 4. The number of anilines is 1. The lowest BCUT2D eigenvalue weighted by Gasteiger charge is -2.12. The first-order valence-electron chi connectivity index (χ1n) is 10.3. The number of aromatic nitrogens is 4.